The molecule has 1 radical (unpaired) electrons. The molecule has 0 bridgehead atoms. The number of hydrogen-bond donors (Lipinski definition) is 0. The quantitative estimate of drug-likeness (QED) is 0.623. The third-order valence-corrected chi connectivity index (χ3v) is 3.43. The summed E-state index contributed by atoms with van der Waals surface area (Å²) in [5, 5.41) is 0. The molecule has 1 unspecified atom stereocenters. The second-order valence-corrected chi connectivity index (χ2v) is 4.88. The van der Waals surface area contributed by atoms with Crippen molar-refractivity contribution >= 4 is 0 Å². The molecule has 1 atom stereocenters. The van der Waals surface area contributed by atoms with E-state index in [4.69, 9.17) is 9.47 Å². The molecule has 0 spiro atoms. The van der Waals surface area contributed by atoms with Crippen molar-refractivity contribution < 1.29 is 9.47 Å². The summed E-state index contributed by atoms with van der Waals surface area (Å²) in [4.78, 5) is 0. The van der Waals surface area contributed by atoms with Crippen LogP contribution in [0.5, 0.6) is 5.75 Å². The van der Waals surface area contributed by atoms with Crippen molar-refractivity contribution in [2.45, 2.75) is 6.29 Å². The maximum absolute atomic E-state index is 6.08. The molecule has 0 heterocycles. The van der Waals surface area contributed by atoms with Crippen LogP contribution in [-0.2, 0) is 4.74 Å². The molecule has 0 aliphatic carbocycles. The maximum Gasteiger partial charge on any atom is 0.226 e. The Labute approximate surface area is 131 Å². The highest BCUT2D eigenvalue weighted by atomic mass is 16.7. The molecule has 22 heavy (non-hydrogen) atoms. The predicted molar refractivity (Wildman–Crippen MR) is 87.5 cm³/mol. The van der Waals surface area contributed by atoms with E-state index in [1.54, 1.807) is 7.11 Å². The largest absolute Gasteiger partial charge is 0.460 e. The van der Waals surface area contributed by atoms with Gasteiger partial charge in [-0.25, -0.2) is 0 Å². The smallest absolute Gasteiger partial charge is 0.226 e. The average Bonchev–Trinajstić information content (AvgIpc) is 2.61. The summed E-state index contributed by atoms with van der Waals surface area (Å²) in [6.45, 7) is 0. The van der Waals surface area contributed by atoms with Crippen molar-refractivity contribution in [1.29, 1.82) is 0 Å². The molecule has 2 heteroatoms. The summed E-state index contributed by atoms with van der Waals surface area (Å²) >= 11 is 0. The molecule has 2 nitrogen and oxygen atoms in total. The fraction of sp³-hybridized carbons (Fsp3) is 0.100. The van der Waals surface area contributed by atoms with Gasteiger partial charge in [-0.15, -0.1) is 0 Å². The lowest BCUT2D eigenvalue weighted by Gasteiger charge is -2.20. The van der Waals surface area contributed by atoms with Crippen LogP contribution in [0, 0.1) is 6.07 Å². The molecule has 0 N–H and O–H groups in total. The van der Waals surface area contributed by atoms with Crippen molar-refractivity contribution in [2.75, 3.05) is 7.11 Å². The molecule has 0 amide bonds. The first-order valence-electron chi connectivity index (χ1n) is 7.18. The lowest BCUT2D eigenvalue weighted by atomic mass is 10.0. The first kappa shape index (κ1) is 14.4. The van der Waals surface area contributed by atoms with E-state index in [0.717, 1.165) is 22.4 Å². The Morgan fingerprint density at radius 3 is 2.23 bits per heavy atom. The van der Waals surface area contributed by atoms with Gasteiger partial charge in [-0.3, -0.25) is 0 Å². The SMILES string of the molecule is COC(Oc1c[c]ccc1-c1ccccc1)c1ccccc1. The van der Waals surface area contributed by atoms with Gasteiger partial charge in [-0.2, -0.15) is 0 Å². The molecule has 0 saturated carbocycles. The Balaban J connectivity index is 1.92. The van der Waals surface area contributed by atoms with Gasteiger partial charge >= 0.3 is 0 Å². The molecule has 0 aliphatic heterocycles. The zero-order valence-corrected chi connectivity index (χ0v) is 12.4. The van der Waals surface area contributed by atoms with E-state index in [2.05, 4.69) is 18.2 Å². The lowest BCUT2D eigenvalue weighted by molar-refractivity contribution is -0.0559. The minimum Gasteiger partial charge on any atom is -0.460 e. The summed E-state index contributed by atoms with van der Waals surface area (Å²) in [5.74, 6) is 0.754. The van der Waals surface area contributed by atoms with Gasteiger partial charge in [0.15, 0.2) is 0 Å². The van der Waals surface area contributed by atoms with Gasteiger partial charge in [0, 0.05) is 18.2 Å². The molecule has 0 aromatic heterocycles. The van der Waals surface area contributed by atoms with Crippen molar-refractivity contribution in [2.24, 2.45) is 0 Å². The van der Waals surface area contributed by atoms with Crippen molar-refractivity contribution in [1.82, 2.24) is 0 Å². The van der Waals surface area contributed by atoms with Crippen molar-refractivity contribution in [3.63, 3.8) is 0 Å². The zero-order valence-electron chi connectivity index (χ0n) is 12.4. The van der Waals surface area contributed by atoms with Gasteiger partial charge in [-0.05, 0) is 17.7 Å². The van der Waals surface area contributed by atoms with Crippen LogP contribution in [-0.4, -0.2) is 7.11 Å². The highest BCUT2D eigenvalue weighted by Crippen LogP contribution is 2.32. The number of benzene rings is 3. The van der Waals surface area contributed by atoms with Gasteiger partial charge in [0.05, 0.1) is 0 Å². The van der Waals surface area contributed by atoms with Crippen LogP contribution >= 0.6 is 0 Å². The molecule has 0 saturated heterocycles. The van der Waals surface area contributed by atoms with Gasteiger partial charge in [-0.1, -0.05) is 72.8 Å². The summed E-state index contributed by atoms with van der Waals surface area (Å²) in [6.07, 6.45) is -0.445. The maximum atomic E-state index is 6.08. The molecule has 109 valence electrons. The second-order valence-electron chi connectivity index (χ2n) is 4.88. The summed E-state index contributed by atoms with van der Waals surface area (Å²) in [6, 6.07) is 28.9. The van der Waals surface area contributed by atoms with E-state index in [1.165, 1.54) is 0 Å². The summed E-state index contributed by atoms with van der Waals surface area (Å²) in [5.41, 5.74) is 3.11. The topological polar surface area (TPSA) is 18.5 Å². The first-order chi connectivity index (χ1) is 10.9. The lowest BCUT2D eigenvalue weighted by Crippen LogP contribution is -2.10. The van der Waals surface area contributed by atoms with E-state index in [1.807, 2.05) is 66.7 Å². The fourth-order valence-electron chi connectivity index (χ4n) is 2.35. The third-order valence-electron chi connectivity index (χ3n) is 3.43. The van der Waals surface area contributed by atoms with Gasteiger partial charge < -0.3 is 9.47 Å². The number of ether oxygens (including phenoxy) is 2. The second kappa shape index (κ2) is 6.92. The fourth-order valence-corrected chi connectivity index (χ4v) is 2.35. The Morgan fingerprint density at radius 1 is 0.864 bits per heavy atom. The molecule has 0 aliphatic rings. The van der Waals surface area contributed by atoms with E-state index >= 15 is 0 Å². The Hall–Kier alpha value is -2.58. The molecule has 3 aromatic carbocycles. The minimum atomic E-state index is -0.445. The van der Waals surface area contributed by atoms with Crippen LogP contribution in [0.2, 0.25) is 0 Å². The molecule has 3 rings (SSSR count). The van der Waals surface area contributed by atoms with Gasteiger partial charge in [0.2, 0.25) is 6.29 Å². The highest BCUT2D eigenvalue weighted by molar-refractivity contribution is 5.70. The number of rotatable bonds is 5. The van der Waals surface area contributed by atoms with Crippen LogP contribution in [0.1, 0.15) is 11.9 Å². The normalized spacial score (nSPS) is 11.9. The third kappa shape index (κ3) is 3.18. The van der Waals surface area contributed by atoms with E-state index < -0.39 is 6.29 Å². The predicted octanol–water partition coefficient (Wildman–Crippen LogP) is 4.88. The first-order valence-corrected chi connectivity index (χ1v) is 7.18. The Morgan fingerprint density at radius 2 is 1.55 bits per heavy atom. The Kier molecular flexibility index (Phi) is 4.52. The Bertz CT molecular complexity index is 708. The van der Waals surface area contributed by atoms with Crippen molar-refractivity contribution in [3.8, 4) is 16.9 Å². The van der Waals surface area contributed by atoms with E-state index in [-0.39, 0.29) is 0 Å². The molecular weight excluding hydrogens is 272 g/mol. The number of hydrogen-bond acceptors (Lipinski definition) is 2. The van der Waals surface area contributed by atoms with Crippen LogP contribution < -0.4 is 4.74 Å². The monoisotopic (exact) mass is 289 g/mol. The van der Waals surface area contributed by atoms with Crippen LogP contribution in [0.3, 0.4) is 0 Å². The van der Waals surface area contributed by atoms with Crippen LogP contribution in [0.25, 0.3) is 11.1 Å². The molecule has 3 aromatic rings. The molecular formula is C20H17O2. The van der Waals surface area contributed by atoms with Crippen LogP contribution in [0.15, 0.2) is 78.9 Å². The molecule has 0 fully saturated rings. The summed E-state index contributed by atoms with van der Waals surface area (Å²) in [7, 11) is 1.65. The van der Waals surface area contributed by atoms with Crippen molar-refractivity contribution in [3.05, 3.63) is 90.5 Å². The van der Waals surface area contributed by atoms with Gasteiger partial charge in [0.25, 0.3) is 0 Å². The van der Waals surface area contributed by atoms with E-state index in [9.17, 15) is 0 Å². The highest BCUT2D eigenvalue weighted by Gasteiger charge is 2.14. The average molecular weight is 289 g/mol. The summed E-state index contributed by atoms with van der Waals surface area (Å²) < 4.78 is 11.6. The minimum absolute atomic E-state index is 0.445. The number of methoxy groups -OCH3 is 1. The standard InChI is InChI=1S/C20H17O2/c1-21-20(17-12-6-3-7-13-17)22-19-15-9-8-14-18(19)16-10-4-2-5-11-16/h2-8,10-15,20H,1H3. The van der Waals surface area contributed by atoms with Gasteiger partial charge in [0.1, 0.15) is 5.75 Å². The van der Waals surface area contributed by atoms with E-state index in [0.29, 0.717) is 0 Å². The zero-order chi connectivity index (χ0) is 15.2. The van der Waals surface area contributed by atoms with Crippen LogP contribution in [0.4, 0.5) is 0 Å².